The molecule has 146 valence electrons. The third-order valence-electron chi connectivity index (χ3n) is 4.55. The predicted molar refractivity (Wildman–Crippen MR) is 109 cm³/mol. The zero-order chi connectivity index (χ0) is 19.2. The van der Waals surface area contributed by atoms with Gasteiger partial charge in [-0.3, -0.25) is 5.10 Å². The molecule has 1 unspecified atom stereocenters. The van der Waals surface area contributed by atoms with Crippen LogP contribution in [-0.2, 0) is 9.47 Å². The molecule has 1 aromatic carbocycles. The van der Waals surface area contributed by atoms with Gasteiger partial charge in [-0.2, -0.15) is 10.1 Å². The molecule has 0 bridgehead atoms. The molecule has 0 spiro atoms. The number of H-pyrrole nitrogens is 1. The number of anilines is 3. The summed E-state index contributed by atoms with van der Waals surface area (Å²) in [6.45, 7) is 1.45. The lowest BCUT2D eigenvalue weighted by Gasteiger charge is -2.22. The molecule has 0 amide bonds. The molecule has 4 N–H and O–H groups in total. The molecule has 3 aromatic rings. The number of nitrogen functional groups attached to an aromatic ring is 1. The quantitative estimate of drug-likeness (QED) is 0.537. The Labute approximate surface area is 163 Å². The summed E-state index contributed by atoms with van der Waals surface area (Å²) in [5.41, 5.74) is 8.58. The Bertz CT molecular complexity index is 949. The van der Waals surface area contributed by atoms with Crippen molar-refractivity contribution in [3.63, 3.8) is 0 Å². The minimum Gasteiger partial charge on any atom is -0.368 e. The number of rotatable bonds is 7. The van der Waals surface area contributed by atoms with Gasteiger partial charge in [-0.05, 0) is 43.9 Å². The number of nitrogens with zero attached hydrogens (tertiary/aromatic N) is 3. The van der Waals surface area contributed by atoms with Crippen molar-refractivity contribution in [1.29, 1.82) is 0 Å². The molecule has 2 aromatic heterocycles. The van der Waals surface area contributed by atoms with Crippen LogP contribution in [0.1, 0.15) is 31.2 Å². The molecule has 1 atom stereocenters. The molecule has 1 aliphatic heterocycles. The lowest BCUT2D eigenvalue weighted by atomic mass is 10.1. The molecule has 4 rings (SSSR count). The van der Waals surface area contributed by atoms with Crippen LogP contribution in [0.25, 0.3) is 17.0 Å². The fourth-order valence-corrected chi connectivity index (χ4v) is 3.20. The van der Waals surface area contributed by atoms with E-state index >= 15 is 0 Å². The van der Waals surface area contributed by atoms with Crippen LogP contribution in [0.5, 0.6) is 0 Å². The van der Waals surface area contributed by atoms with E-state index in [0.29, 0.717) is 12.4 Å². The van der Waals surface area contributed by atoms with Crippen molar-refractivity contribution in [2.75, 3.05) is 24.3 Å². The maximum atomic E-state index is 5.78. The van der Waals surface area contributed by atoms with Gasteiger partial charge in [0.1, 0.15) is 5.82 Å². The predicted octanol–water partition coefficient (Wildman–Crippen LogP) is 3.63. The molecule has 8 heteroatoms. The van der Waals surface area contributed by atoms with E-state index in [1.165, 1.54) is 6.42 Å². The third-order valence-corrected chi connectivity index (χ3v) is 4.55. The Morgan fingerprint density at radius 2 is 2.32 bits per heavy atom. The summed E-state index contributed by atoms with van der Waals surface area (Å²) in [4.78, 5) is 8.09. The van der Waals surface area contributed by atoms with Crippen molar-refractivity contribution < 1.29 is 9.47 Å². The molecule has 1 fully saturated rings. The number of nitrogens with one attached hydrogen (secondary N) is 2. The molecule has 1 saturated heterocycles. The van der Waals surface area contributed by atoms with Gasteiger partial charge >= 0.3 is 0 Å². The molecule has 28 heavy (non-hydrogen) atoms. The molecule has 0 saturated carbocycles. The Balaban J connectivity index is 1.42. The molecule has 3 heterocycles. The van der Waals surface area contributed by atoms with Crippen LogP contribution in [-0.4, -0.2) is 39.7 Å². The fraction of sp³-hybridized carbons (Fsp3) is 0.350. The molecular formula is C20H24N6O2. The highest BCUT2D eigenvalue weighted by atomic mass is 16.7. The third kappa shape index (κ3) is 4.65. The van der Waals surface area contributed by atoms with Crippen molar-refractivity contribution in [2.24, 2.45) is 0 Å². The van der Waals surface area contributed by atoms with Gasteiger partial charge in [0.2, 0.25) is 5.95 Å². The standard InChI is InChI=1S/C20H24N6O2/c21-20-22-8-7-17(25-20)24-16-11-14(19-15(12-16)13-23-26-19)5-1-3-9-27-18-6-2-4-10-28-18/h1,5,7-8,11-13,18H,2-4,6,9-10H2,(H,23,26)(H3,21,22,24,25)/b5-1+. The van der Waals surface area contributed by atoms with Gasteiger partial charge in [0, 0.05) is 29.4 Å². The van der Waals surface area contributed by atoms with E-state index in [4.69, 9.17) is 15.2 Å². The first-order valence-electron chi connectivity index (χ1n) is 9.50. The minimum atomic E-state index is -0.0470. The summed E-state index contributed by atoms with van der Waals surface area (Å²) in [5.74, 6) is 0.877. The van der Waals surface area contributed by atoms with Crippen molar-refractivity contribution in [3.8, 4) is 0 Å². The largest absolute Gasteiger partial charge is 0.368 e. The first kappa shape index (κ1) is 18.4. The maximum Gasteiger partial charge on any atom is 0.221 e. The number of hydrogen-bond donors (Lipinski definition) is 3. The summed E-state index contributed by atoms with van der Waals surface area (Å²) in [5, 5.41) is 11.5. The van der Waals surface area contributed by atoms with Crippen LogP contribution in [0.3, 0.4) is 0 Å². The lowest BCUT2D eigenvalue weighted by molar-refractivity contribution is -0.161. The van der Waals surface area contributed by atoms with E-state index in [2.05, 4.69) is 37.6 Å². The number of ether oxygens (including phenoxy) is 2. The van der Waals surface area contributed by atoms with Crippen molar-refractivity contribution in [3.05, 3.63) is 42.2 Å². The average Bonchev–Trinajstić information content (AvgIpc) is 3.17. The molecule has 0 radical (unpaired) electrons. The Morgan fingerprint density at radius 3 is 3.18 bits per heavy atom. The van der Waals surface area contributed by atoms with Crippen LogP contribution in [0.2, 0.25) is 0 Å². The second kappa shape index (κ2) is 8.81. The number of aromatic nitrogens is 4. The zero-order valence-electron chi connectivity index (χ0n) is 15.6. The number of hydrogen-bond acceptors (Lipinski definition) is 7. The van der Waals surface area contributed by atoms with Crippen LogP contribution in [0.15, 0.2) is 36.7 Å². The van der Waals surface area contributed by atoms with Crippen LogP contribution in [0, 0.1) is 0 Å². The second-order valence-electron chi connectivity index (χ2n) is 6.68. The van der Waals surface area contributed by atoms with Gasteiger partial charge in [-0.25, -0.2) is 4.98 Å². The molecule has 8 nitrogen and oxygen atoms in total. The fourth-order valence-electron chi connectivity index (χ4n) is 3.20. The summed E-state index contributed by atoms with van der Waals surface area (Å²) >= 11 is 0. The normalized spacial score (nSPS) is 17.4. The molecular weight excluding hydrogens is 356 g/mol. The SMILES string of the molecule is Nc1nccc(Nc2cc(/C=C/CCOC3CCCCO3)c3[nH]ncc3c2)n1. The van der Waals surface area contributed by atoms with E-state index in [9.17, 15) is 0 Å². The topological polar surface area (TPSA) is 111 Å². The van der Waals surface area contributed by atoms with Crippen molar-refractivity contribution in [1.82, 2.24) is 20.2 Å². The Kier molecular flexibility index (Phi) is 5.79. The summed E-state index contributed by atoms with van der Waals surface area (Å²) in [6.07, 6.45) is 11.7. The zero-order valence-corrected chi connectivity index (χ0v) is 15.6. The summed E-state index contributed by atoms with van der Waals surface area (Å²) in [7, 11) is 0. The summed E-state index contributed by atoms with van der Waals surface area (Å²) < 4.78 is 11.4. The van der Waals surface area contributed by atoms with Gasteiger partial charge in [0.25, 0.3) is 0 Å². The van der Waals surface area contributed by atoms with Gasteiger partial charge in [0.15, 0.2) is 6.29 Å². The van der Waals surface area contributed by atoms with Crippen molar-refractivity contribution in [2.45, 2.75) is 32.0 Å². The second-order valence-corrected chi connectivity index (χ2v) is 6.68. The summed E-state index contributed by atoms with van der Waals surface area (Å²) in [6, 6.07) is 5.83. The van der Waals surface area contributed by atoms with E-state index in [1.807, 2.05) is 12.1 Å². The highest BCUT2D eigenvalue weighted by Gasteiger charge is 2.13. The number of nitrogens with two attached hydrogens (primary N) is 1. The monoisotopic (exact) mass is 380 g/mol. The van der Waals surface area contributed by atoms with Gasteiger partial charge in [-0.15, -0.1) is 0 Å². The number of aromatic amines is 1. The first-order valence-corrected chi connectivity index (χ1v) is 9.50. The van der Waals surface area contributed by atoms with Gasteiger partial charge in [0.05, 0.1) is 18.3 Å². The van der Waals surface area contributed by atoms with Crippen LogP contribution < -0.4 is 11.1 Å². The maximum absolute atomic E-state index is 5.78. The molecule has 0 aliphatic carbocycles. The minimum absolute atomic E-state index is 0.0470. The Morgan fingerprint density at radius 1 is 1.36 bits per heavy atom. The van der Waals surface area contributed by atoms with E-state index in [0.717, 1.165) is 48.0 Å². The van der Waals surface area contributed by atoms with Crippen LogP contribution >= 0.6 is 0 Å². The number of fused-ring (bicyclic) bond motifs is 1. The average molecular weight is 380 g/mol. The lowest BCUT2D eigenvalue weighted by Crippen LogP contribution is -2.22. The Hall–Kier alpha value is -2.97. The smallest absolute Gasteiger partial charge is 0.221 e. The first-order chi connectivity index (χ1) is 13.8. The highest BCUT2D eigenvalue weighted by Crippen LogP contribution is 2.25. The van der Waals surface area contributed by atoms with Gasteiger partial charge < -0.3 is 20.5 Å². The van der Waals surface area contributed by atoms with E-state index in [1.54, 1.807) is 18.5 Å². The van der Waals surface area contributed by atoms with Crippen molar-refractivity contribution >= 4 is 34.4 Å². The van der Waals surface area contributed by atoms with Crippen LogP contribution in [0.4, 0.5) is 17.5 Å². The number of benzene rings is 1. The van der Waals surface area contributed by atoms with E-state index in [-0.39, 0.29) is 12.2 Å². The molecule has 1 aliphatic rings. The van der Waals surface area contributed by atoms with E-state index < -0.39 is 0 Å². The van der Waals surface area contributed by atoms with Gasteiger partial charge in [-0.1, -0.05) is 12.2 Å². The highest BCUT2D eigenvalue weighted by molar-refractivity contribution is 5.90.